The Hall–Kier alpha value is -1.43. The third-order valence-corrected chi connectivity index (χ3v) is 12.3. The number of allylic oxidation sites excluding steroid dienone is 1. The van der Waals surface area contributed by atoms with Gasteiger partial charge in [0.15, 0.2) is 24.8 Å². The second-order valence-electron chi connectivity index (χ2n) is 16.1. The Bertz CT molecular complexity index is 1230. The van der Waals surface area contributed by atoms with Gasteiger partial charge in [0, 0.05) is 24.8 Å². The van der Waals surface area contributed by atoms with E-state index in [1.165, 1.54) is 6.08 Å². The summed E-state index contributed by atoms with van der Waals surface area (Å²) in [7, 11) is 0. The smallest absolute Gasteiger partial charge is 0.330 e. The van der Waals surface area contributed by atoms with Crippen LogP contribution in [0.15, 0.2) is 12.2 Å². The number of rotatable bonds is 10. The van der Waals surface area contributed by atoms with Crippen molar-refractivity contribution in [3.63, 3.8) is 0 Å². The molecule has 3 saturated carbocycles. The first-order valence-electron chi connectivity index (χ1n) is 19.3. The van der Waals surface area contributed by atoms with E-state index in [0.29, 0.717) is 44.9 Å². The predicted molar refractivity (Wildman–Crippen MR) is 181 cm³/mol. The fourth-order valence-corrected chi connectivity index (χ4v) is 9.06. The fourth-order valence-electron chi connectivity index (χ4n) is 9.06. The molecule has 18 nitrogen and oxygen atoms in total. The first-order valence-corrected chi connectivity index (χ1v) is 19.3. The van der Waals surface area contributed by atoms with Crippen molar-refractivity contribution in [3.05, 3.63) is 12.2 Å². The average molecular weight is 780 g/mol. The van der Waals surface area contributed by atoms with Crippen molar-refractivity contribution in [2.45, 2.75) is 174 Å². The highest BCUT2D eigenvalue weighted by Gasteiger charge is 2.56. The number of aliphatic hydroxyl groups is 13. The van der Waals surface area contributed by atoms with E-state index >= 15 is 0 Å². The van der Waals surface area contributed by atoms with Crippen molar-refractivity contribution in [1.29, 1.82) is 0 Å². The molecule has 0 radical (unpaired) electrons. The van der Waals surface area contributed by atoms with Gasteiger partial charge in [-0.05, 0) is 57.3 Å². The Morgan fingerprint density at radius 3 is 1.93 bits per heavy atom. The highest BCUT2D eigenvalue weighted by Crippen LogP contribution is 2.44. The Balaban J connectivity index is 1.15. The van der Waals surface area contributed by atoms with Crippen LogP contribution in [0.1, 0.15) is 64.2 Å². The molecule has 0 amide bonds. The van der Waals surface area contributed by atoms with Gasteiger partial charge in [0.05, 0.1) is 43.0 Å². The predicted octanol–water partition coefficient (Wildman–Crippen LogP) is -4.02. The van der Waals surface area contributed by atoms with Gasteiger partial charge >= 0.3 is 5.97 Å². The van der Waals surface area contributed by atoms with E-state index in [2.05, 4.69) is 0 Å². The molecular weight excluding hydrogens is 720 g/mol. The van der Waals surface area contributed by atoms with Crippen LogP contribution in [0.4, 0.5) is 0 Å². The second kappa shape index (κ2) is 18.4. The highest BCUT2D eigenvalue weighted by molar-refractivity contribution is 5.81. The lowest BCUT2D eigenvalue weighted by Crippen LogP contribution is -2.64. The summed E-state index contributed by atoms with van der Waals surface area (Å²) >= 11 is 0. The van der Waals surface area contributed by atoms with Crippen LogP contribution in [0.2, 0.25) is 0 Å². The summed E-state index contributed by atoms with van der Waals surface area (Å²) in [6.45, 7) is -1.14. The summed E-state index contributed by atoms with van der Waals surface area (Å²) in [6.07, 6.45) is -13.9. The standard InChI is InChI=1S/C36H58O18/c37-13-25-28(43)30(45)32(47)35(53-25)51-23-11-18(39)10-22-19(23)12-24(34(50-22)16-3-5-17(38)6-4-16)52-36-33(48)31(46)29(44)26(54-36)14-49-27(42)8-2-15-1-7-20(40)21(41)9-15/h2,8,15-26,28-41,43-48H,1,3-7,9-14H2/p+1/t15?,16?,17?,18?,19?,20?,21?,22?,23?,24?,25-,26-,28-,29-,30-,31-,32-,33-,34?,35-,36-/m0/s1. The van der Waals surface area contributed by atoms with Crippen molar-refractivity contribution in [2.75, 3.05) is 13.2 Å². The highest BCUT2D eigenvalue weighted by atomic mass is 16.7. The second-order valence-corrected chi connectivity index (χ2v) is 16.1. The van der Waals surface area contributed by atoms with Crippen LogP contribution in [0.5, 0.6) is 0 Å². The van der Waals surface area contributed by atoms with E-state index in [0.717, 1.165) is 0 Å². The molecule has 54 heavy (non-hydrogen) atoms. The molecule has 0 aromatic rings. The lowest BCUT2D eigenvalue weighted by molar-refractivity contribution is -0.366. The van der Waals surface area contributed by atoms with E-state index in [4.69, 9.17) is 28.4 Å². The molecule has 0 aromatic carbocycles. The molecule has 12 N–H and O–H groups in total. The monoisotopic (exact) mass is 779 g/mol. The normalized spacial score (nSPS) is 50.4. The Morgan fingerprint density at radius 1 is 0.648 bits per heavy atom. The summed E-state index contributed by atoms with van der Waals surface area (Å²) in [6, 6.07) is 0. The summed E-state index contributed by atoms with van der Waals surface area (Å²) in [5, 5.41) is 114. The molecule has 6 aliphatic rings. The van der Waals surface area contributed by atoms with Gasteiger partial charge in [-0.25, -0.2) is 4.79 Å². The number of ether oxygens (including phenoxy) is 6. The first kappa shape index (κ1) is 42.2. The number of hydrogen-bond donors (Lipinski definition) is 11. The molecule has 18 heteroatoms. The quantitative estimate of drug-likeness (QED) is 0.0572. The SMILES string of the molecule is O=C(C=CC1CCC(O)C(O)C1)OC[C@@H]1O[C@H](OC2CC3C(O[C@H]4O[C@@H](CO)[C@H](O)[C@H](O)[C@@H]4O)CC(O)CC3[OH+]C2C2CCC(O)CC2)[C@@H](O)[C@@H](O)[C@H]1O. The number of hydrogen-bond acceptors (Lipinski definition) is 17. The van der Waals surface area contributed by atoms with Gasteiger partial charge < -0.3 is 84.6 Å². The van der Waals surface area contributed by atoms with E-state index in [1.807, 2.05) is 0 Å². The average Bonchev–Trinajstić information content (AvgIpc) is 3.15. The summed E-state index contributed by atoms with van der Waals surface area (Å²) < 4.78 is 34.6. The molecule has 6 fully saturated rings. The molecule has 6 rings (SSSR count). The first-order chi connectivity index (χ1) is 25.7. The van der Waals surface area contributed by atoms with Gasteiger partial charge in [-0.2, -0.15) is 0 Å². The molecule has 3 saturated heterocycles. The molecule has 9 unspecified atom stereocenters. The molecule has 3 aliphatic heterocycles. The van der Waals surface area contributed by atoms with E-state index < -0.39 is 135 Å². The third kappa shape index (κ3) is 9.63. The van der Waals surface area contributed by atoms with Gasteiger partial charge in [0.2, 0.25) is 0 Å². The summed E-state index contributed by atoms with van der Waals surface area (Å²) in [5.41, 5.74) is 0. The number of fused-ring (bicyclic) bond motifs is 1. The number of carbonyl (C=O) groups excluding carboxylic acids is 1. The molecule has 0 bridgehead atoms. The van der Waals surface area contributed by atoms with Crippen LogP contribution in [0.3, 0.4) is 0 Å². The number of carbonyl (C=O) groups is 1. The van der Waals surface area contributed by atoms with Crippen molar-refractivity contribution < 1.29 is 89.4 Å². The van der Waals surface area contributed by atoms with Crippen molar-refractivity contribution in [1.82, 2.24) is 0 Å². The van der Waals surface area contributed by atoms with Crippen LogP contribution in [-0.4, -0.2) is 190 Å². The molecule has 310 valence electrons. The van der Waals surface area contributed by atoms with Crippen molar-refractivity contribution >= 4 is 5.97 Å². The summed E-state index contributed by atoms with van der Waals surface area (Å²) in [4.78, 5) is 12.6. The topological polar surface area (TPSA) is 299 Å². The summed E-state index contributed by atoms with van der Waals surface area (Å²) in [5.74, 6) is -1.38. The van der Waals surface area contributed by atoms with Crippen LogP contribution >= 0.6 is 0 Å². The third-order valence-electron chi connectivity index (χ3n) is 12.3. The maximum atomic E-state index is 12.6. The maximum absolute atomic E-state index is 12.6. The molecule has 3 aliphatic carbocycles. The largest absolute Gasteiger partial charge is 0.460 e. The minimum Gasteiger partial charge on any atom is -0.460 e. The van der Waals surface area contributed by atoms with Gasteiger partial charge in [-0.15, -0.1) is 0 Å². The van der Waals surface area contributed by atoms with Crippen LogP contribution in [0.25, 0.3) is 0 Å². The lowest BCUT2D eigenvalue weighted by atomic mass is 9.73. The lowest BCUT2D eigenvalue weighted by Gasteiger charge is -2.50. The molecule has 0 spiro atoms. The minimum absolute atomic E-state index is 0.0449. The molecular formula is C36H59O18+. The zero-order valence-electron chi connectivity index (χ0n) is 30.1. The van der Waals surface area contributed by atoms with E-state index in [-0.39, 0.29) is 31.1 Å². The van der Waals surface area contributed by atoms with Crippen molar-refractivity contribution in [2.24, 2.45) is 17.8 Å². The Kier molecular flexibility index (Phi) is 14.4. The van der Waals surface area contributed by atoms with Gasteiger partial charge in [-0.1, -0.05) is 6.08 Å². The van der Waals surface area contributed by atoms with Crippen LogP contribution in [0, 0.1) is 17.8 Å². The van der Waals surface area contributed by atoms with E-state index in [1.54, 1.807) is 6.08 Å². The van der Waals surface area contributed by atoms with Gasteiger partial charge in [-0.3, -0.25) is 0 Å². The number of aliphatic hydroxyl groups excluding tert-OH is 11. The van der Waals surface area contributed by atoms with Crippen LogP contribution in [-0.2, 0) is 28.5 Å². The molecule has 3 heterocycles. The zero-order chi connectivity index (χ0) is 38.8. The Morgan fingerprint density at radius 2 is 1.28 bits per heavy atom. The maximum Gasteiger partial charge on any atom is 0.330 e. The zero-order valence-corrected chi connectivity index (χ0v) is 30.1. The number of esters is 1. The molecule has 0 aromatic heterocycles. The van der Waals surface area contributed by atoms with E-state index in [9.17, 15) is 61.0 Å². The van der Waals surface area contributed by atoms with Gasteiger partial charge in [0.25, 0.3) is 0 Å². The fraction of sp³-hybridized carbons (Fsp3) is 0.917. The minimum atomic E-state index is -1.73. The Labute approximate surface area is 312 Å². The van der Waals surface area contributed by atoms with Gasteiger partial charge in [0.1, 0.15) is 61.5 Å². The van der Waals surface area contributed by atoms with Crippen LogP contribution < -0.4 is 0 Å². The van der Waals surface area contributed by atoms with Crippen molar-refractivity contribution in [3.8, 4) is 0 Å². The molecule has 19 atom stereocenters.